The van der Waals surface area contributed by atoms with Gasteiger partial charge in [-0.2, -0.15) is 0 Å². The molecule has 2 heterocycles. The molecule has 1 aromatic rings. The van der Waals surface area contributed by atoms with Crippen molar-refractivity contribution in [2.24, 2.45) is 5.92 Å². The van der Waals surface area contributed by atoms with Gasteiger partial charge >= 0.3 is 5.97 Å². The highest BCUT2D eigenvalue weighted by Gasteiger charge is 2.33. The van der Waals surface area contributed by atoms with Crippen molar-refractivity contribution >= 4 is 17.5 Å². The minimum absolute atomic E-state index is 0.333. The van der Waals surface area contributed by atoms with Crippen LogP contribution in [0, 0.1) is 5.92 Å². The van der Waals surface area contributed by atoms with Crippen molar-refractivity contribution in [1.82, 2.24) is 9.88 Å². The number of likely N-dealkylation sites (N-methyl/N-ethyl adjacent to an activating group) is 1. The smallest absolute Gasteiger partial charge is 0.340 e. The molecule has 2 N–H and O–H groups in total. The van der Waals surface area contributed by atoms with Gasteiger partial charge in [0.25, 0.3) is 0 Å². The fraction of sp³-hybridized carbons (Fsp3) is 0.600. The van der Waals surface area contributed by atoms with Crippen molar-refractivity contribution in [3.05, 3.63) is 17.8 Å². The number of pyridine rings is 1. The van der Waals surface area contributed by atoms with Gasteiger partial charge in [-0.05, 0) is 33.0 Å². The lowest BCUT2D eigenvalue weighted by molar-refractivity contribution is 0.0527. The standard InChI is InChI=1S/C15H24N4O2/c1-5-21-15(20)11-6-7-17-14(13(11)16)19-8-10(2)12(9-19)18(3)4/h6-7,10,12H,5,8-9,16H2,1-4H3. The number of carbonyl (C=O) groups is 1. The van der Waals surface area contributed by atoms with E-state index in [1.54, 1.807) is 19.2 Å². The largest absolute Gasteiger partial charge is 0.462 e. The Morgan fingerprint density at radius 1 is 1.52 bits per heavy atom. The highest BCUT2D eigenvalue weighted by Crippen LogP contribution is 2.30. The maximum absolute atomic E-state index is 11.9. The number of esters is 1. The van der Waals surface area contributed by atoms with Gasteiger partial charge in [-0.15, -0.1) is 0 Å². The molecule has 2 unspecified atom stereocenters. The fourth-order valence-electron chi connectivity index (χ4n) is 2.90. The molecule has 1 aliphatic heterocycles. The number of ether oxygens (including phenoxy) is 1. The van der Waals surface area contributed by atoms with Crippen molar-refractivity contribution in [3.63, 3.8) is 0 Å². The Kier molecular flexibility index (Phi) is 4.67. The number of rotatable bonds is 4. The van der Waals surface area contributed by atoms with Crippen LogP contribution in [0.4, 0.5) is 11.5 Å². The van der Waals surface area contributed by atoms with Gasteiger partial charge in [-0.25, -0.2) is 9.78 Å². The molecule has 0 aliphatic carbocycles. The number of hydrogen-bond acceptors (Lipinski definition) is 6. The predicted octanol–water partition coefficient (Wildman–Crippen LogP) is 1.23. The first kappa shape index (κ1) is 15.6. The molecule has 1 aliphatic rings. The van der Waals surface area contributed by atoms with E-state index in [1.165, 1.54) is 0 Å². The second-order valence-electron chi connectivity index (χ2n) is 5.73. The van der Waals surface area contributed by atoms with Crippen molar-refractivity contribution in [1.29, 1.82) is 0 Å². The molecule has 0 aromatic carbocycles. The zero-order valence-electron chi connectivity index (χ0n) is 13.2. The zero-order valence-corrected chi connectivity index (χ0v) is 13.2. The van der Waals surface area contributed by atoms with Crippen LogP contribution in [-0.2, 0) is 4.74 Å². The average Bonchev–Trinajstić information content (AvgIpc) is 2.81. The van der Waals surface area contributed by atoms with Crippen LogP contribution in [0.15, 0.2) is 12.3 Å². The number of aromatic nitrogens is 1. The Balaban J connectivity index is 2.26. The number of carbonyl (C=O) groups excluding carboxylic acids is 1. The molecule has 1 fully saturated rings. The third kappa shape index (κ3) is 3.10. The van der Waals surface area contributed by atoms with Crippen molar-refractivity contribution in [3.8, 4) is 0 Å². The highest BCUT2D eigenvalue weighted by molar-refractivity contribution is 5.97. The van der Waals surface area contributed by atoms with E-state index in [1.807, 2.05) is 0 Å². The van der Waals surface area contributed by atoms with Crippen molar-refractivity contribution in [2.75, 3.05) is 44.4 Å². The normalized spacial score (nSPS) is 21.9. The van der Waals surface area contributed by atoms with Crippen LogP contribution in [0.2, 0.25) is 0 Å². The molecular formula is C15H24N4O2. The van der Waals surface area contributed by atoms with Crippen LogP contribution >= 0.6 is 0 Å². The van der Waals surface area contributed by atoms with Gasteiger partial charge in [0.05, 0.1) is 17.9 Å². The summed E-state index contributed by atoms with van der Waals surface area (Å²) >= 11 is 0. The fourth-order valence-corrected chi connectivity index (χ4v) is 2.90. The van der Waals surface area contributed by atoms with E-state index in [4.69, 9.17) is 10.5 Å². The van der Waals surface area contributed by atoms with E-state index < -0.39 is 5.97 Å². The third-order valence-corrected chi connectivity index (χ3v) is 4.00. The minimum Gasteiger partial charge on any atom is -0.462 e. The Bertz CT molecular complexity index is 518. The summed E-state index contributed by atoms with van der Waals surface area (Å²) in [4.78, 5) is 20.6. The topological polar surface area (TPSA) is 71.7 Å². The Morgan fingerprint density at radius 3 is 2.81 bits per heavy atom. The van der Waals surface area contributed by atoms with Gasteiger partial charge < -0.3 is 20.3 Å². The summed E-state index contributed by atoms with van der Waals surface area (Å²) in [5, 5.41) is 0. The van der Waals surface area contributed by atoms with Gasteiger partial charge in [-0.1, -0.05) is 6.92 Å². The monoisotopic (exact) mass is 292 g/mol. The second kappa shape index (κ2) is 6.30. The highest BCUT2D eigenvalue weighted by atomic mass is 16.5. The molecule has 21 heavy (non-hydrogen) atoms. The molecule has 1 saturated heterocycles. The number of nitrogens with two attached hydrogens (primary N) is 1. The van der Waals surface area contributed by atoms with Crippen molar-refractivity contribution in [2.45, 2.75) is 19.9 Å². The molecule has 0 spiro atoms. The van der Waals surface area contributed by atoms with Gasteiger partial charge in [-0.3, -0.25) is 0 Å². The summed E-state index contributed by atoms with van der Waals surface area (Å²) in [6, 6.07) is 2.07. The third-order valence-electron chi connectivity index (χ3n) is 4.00. The van der Waals surface area contributed by atoms with E-state index in [2.05, 4.69) is 35.8 Å². The summed E-state index contributed by atoms with van der Waals surface area (Å²) in [7, 11) is 4.16. The van der Waals surface area contributed by atoms with Crippen LogP contribution in [0.25, 0.3) is 0 Å². The second-order valence-corrected chi connectivity index (χ2v) is 5.73. The molecule has 0 bridgehead atoms. The molecule has 6 nitrogen and oxygen atoms in total. The van der Waals surface area contributed by atoms with E-state index in [0.29, 0.717) is 35.6 Å². The molecule has 0 amide bonds. The Morgan fingerprint density at radius 2 is 2.24 bits per heavy atom. The molecule has 116 valence electrons. The quantitative estimate of drug-likeness (QED) is 0.842. The van der Waals surface area contributed by atoms with Crippen LogP contribution in [0.1, 0.15) is 24.2 Å². The molecule has 0 saturated carbocycles. The van der Waals surface area contributed by atoms with E-state index >= 15 is 0 Å². The first-order valence-corrected chi connectivity index (χ1v) is 7.28. The van der Waals surface area contributed by atoms with Gasteiger partial charge in [0, 0.05) is 25.3 Å². The summed E-state index contributed by atoms with van der Waals surface area (Å²) < 4.78 is 5.03. The molecular weight excluding hydrogens is 268 g/mol. The predicted molar refractivity (Wildman–Crippen MR) is 83.5 cm³/mol. The number of anilines is 2. The lowest BCUT2D eigenvalue weighted by Gasteiger charge is -2.23. The van der Waals surface area contributed by atoms with Gasteiger partial charge in [0.15, 0.2) is 5.82 Å². The average molecular weight is 292 g/mol. The molecule has 1 aromatic heterocycles. The zero-order chi connectivity index (χ0) is 15.6. The number of nitrogen functional groups attached to an aromatic ring is 1. The maximum Gasteiger partial charge on any atom is 0.340 e. The lowest BCUT2D eigenvalue weighted by atomic mass is 10.1. The van der Waals surface area contributed by atoms with Gasteiger partial charge in [0.2, 0.25) is 0 Å². The summed E-state index contributed by atoms with van der Waals surface area (Å²) in [5.74, 6) is 0.805. The molecule has 0 radical (unpaired) electrons. The van der Waals surface area contributed by atoms with E-state index in [9.17, 15) is 4.79 Å². The minimum atomic E-state index is -0.393. The van der Waals surface area contributed by atoms with Crippen LogP contribution < -0.4 is 10.6 Å². The first-order valence-electron chi connectivity index (χ1n) is 7.28. The molecule has 2 rings (SSSR count). The number of hydrogen-bond donors (Lipinski definition) is 1. The van der Waals surface area contributed by atoms with E-state index in [-0.39, 0.29) is 0 Å². The van der Waals surface area contributed by atoms with Crippen LogP contribution in [0.5, 0.6) is 0 Å². The SMILES string of the molecule is CCOC(=O)c1ccnc(N2CC(C)C(N(C)C)C2)c1N. The Hall–Kier alpha value is -1.82. The van der Waals surface area contributed by atoms with Gasteiger partial charge in [0.1, 0.15) is 0 Å². The summed E-state index contributed by atoms with van der Waals surface area (Å²) in [6.07, 6.45) is 1.62. The van der Waals surface area contributed by atoms with E-state index in [0.717, 1.165) is 13.1 Å². The summed E-state index contributed by atoms with van der Waals surface area (Å²) in [6.45, 7) is 6.07. The summed E-state index contributed by atoms with van der Waals surface area (Å²) in [5.41, 5.74) is 6.94. The lowest BCUT2D eigenvalue weighted by Crippen LogP contribution is -2.34. The number of nitrogens with zero attached hydrogens (tertiary/aromatic N) is 3. The maximum atomic E-state index is 11.9. The Labute approximate surface area is 125 Å². The van der Waals surface area contributed by atoms with Crippen LogP contribution in [0.3, 0.4) is 0 Å². The first-order chi connectivity index (χ1) is 9.95. The molecule has 2 atom stereocenters. The van der Waals surface area contributed by atoms with Crippen LogP contribution in [-0.4, -0.2) is 55.7 Å². The molecule has 6 heteroatoms. The van der Waals surface area contributed by atoms with Crippen molar-refractivity contribution < 1.29 is 9.53 Å².